The van der Waals surface area contributed by atoms with Gasteiger partial charge in [-0.2, -0.15) is 0 Å². The topological polar surface area (TPSA) is 12.0 Å². The summed E-state index contributed by atoms with van der Waals surface area (Å²) in [6, 6.07) is 0.823. The highest BCUT2D eigenvalue weighted by Crippen LogP contribution is 2.33. The SMILES string of the molecule is CCCNC(CC(CC)CC)C1CCC1. The summed E-state index contributed by atoms with van der Waals surface area (Å²) in [4.78, 5) is 0. The molecule has 0 amide bonds. The summed E-state index contributed by atoms with van der Waals surface area (Å²) in [6.07, 6.45) is 9.81. The summed E-state index contributed by atoms with van der Waals surface area (Å²) in [7, 11) is 0. The van der Waals surface area contributed by atoms with Gasteiger partial charge in [0.15, 0.2) is 0 Å². The molecule has 0 radical (unpaired) electrons. The molecule has 1 heteroatoms. The molecule has 1 N–H and O–H groups in total. The van der Waals surface area contributed by atoms with Gasteiger partial charge in [0, 0.05) is 6.04 Å². The van der Waals surface area contributed by atoms with E-state index < -0.39 is 0 Å². The first-order valence-corrected chi connectivity index (χ1v) is 7.05. The summed E-state index contributed by atoms with van der Waals surface area (Å²) >= 11 is 0. The van der Waals surface area contributed by atoms with Crippen LogP contribution >= 0.6 is 0 Å². The van der Waals surface area contributed by atoms with Crippen molar-refractivity contribution in [1.29, 1.82) is 0 Å². The first-order chi connectivity index (χ1) is 7.31. The Balaban J connectivity index is 2.32. The van der Waals surface area contributed by atoms with Crippen molar-refractivity contribution in [3.05, 3.63) is 0 Å². The second kappa shape index (κ2) is 7.27. The first kappa shape index (κ1) is 13.0. The van der Waals surface area contributed by atoms with Gasteiger partial charge in [-0.25, -0.2) is 0 Å². The van der Waals surface area contributed by atoms with E-state index in [0.29, 0.717) is 0 Å². The molecule has 1 unspecified atom stereocenters. The number of hydrogen-bond acceptors (Lipinski definition) is 1. The molecule has 1 aliphatic carbocycles. The average molecular weight is 211 g/mol. The van der Waals surface area contributed by atoms with Gasteiger partial charge < -0.3 is 5.32 Å². The van der Waals surface area contributed by atoms with Crippen molar-refractivity contribution >= 4 is 0 Å². The molecule has 0 spiro atoms. The standard InChI is InChI=1S/C14H29N/c1-4-10-15-14(13-8-7-9-13)11-12(5-2)6-3/h12-15H,4-11H2,1-3H3. The lowest BCUT2D eigenvalue weighted by Crippen LogP contribution is -2.41. The van der Waals surface area contributed by atoms with E-state index in [1.54, 1.807) is 0 Å². The molecule has 15 heavy (non-hydrogen) atoms. The maximum atomic E-state index is 3.77. The van der Waals surface area contributed by atoms with Gasteiger partial charge in [-0.15, -0.1) is 0 Å². The zero-order valence-electron chi connectivity index (χ0n) is 10.9. The van der Waals surface area contributed by atoms with Crippen molar-refractivity contribution in [3.8, 4) is 0 Å². The predicted octanol–water partition coefficient (Wildman–Crippen LogP) is 3.98. The average Bonchev–Trinajstić information content (AvgIpc) is 2.19. The third-order valence-corrected chi connectivity index (χ3v) is 4.12. The Hall–Kier alpha value is -0.0400. The fourth-order valence-corrected chi connectivity index (χ4v) is 2.60. The molecule has 1 atom stereocenters. The Morgan fingerprint density at radius 2 is 1.80 bits per heavy atom. The van der Waals surface area contributed by atoms with Crippen LogP contribution in [0.3, 0.4) is 0 Å². The van der Waals surface area contributed by atoms with Crippen LogP contribution in [-0.4, -0.2) is 12.6 Å². The van der Waals surface area contributed by atoms with Crippen LogP contribution in [-0.2, 0) is 0 Å². The molecule has 0 aromatic rings. The first-order valence-electron chi connectivity index (χ1n) is 7.05. The second-order valence-corrected chi connectivity index (χ2v) is 5.17. The molecule has 1 saturated carbocycles. The van der Waals surface area contributed by atoms with Gasteiger partial charge in [0.2, 0.25) is 0 Å². The Morgan fingerprint density at radius 3 is 2.20 bits per heavy atom. The fourth-order valence-electron chi connectivity index (χ4n) is 2.60. The van der Waals surface area contributed by atoms with E-state index in [-0.39, 0.29) is 0 Å². The molecule has 0 aliphatic heterocycles. The fraction of sp³-hybridized carbons (Fsp3) is 1.00. The third-order valence-electron chi connectivity index (χ3n) is 4.12. The highest BCUT2D eigenvalue weighted by atomic mass is 14.9. The van der Waals surface area contributed by atoms with Crippen LogP contribution in [0.25, 0.3) is 0 Å². The van der Waals surface area contributed by atoms with Gasteiger partial charge in [0.05, 0.1) is 0 Å². The van der Waals surface area contributed by atoms with Crippen molar-refractivity contribution in [3.63, 3.8) is 0 Å². The molecule has 1 rings (SSSR count). The largest absolute Gasteiger partial charge is 0.314 e. The lowest BCUT2D eigenvalue weighted by Gasteiger charge is -2.36. The van der Waals surface area contributed by atoms with E-state index in [9.17, 15) is 0 Å². The Kier molecular flexibility index (Phi) is 6.31. The molecule has 0 aromatic heterocycles. The lowest BCUT2D eigenvalue weighted by atomic mass is 9.76. The summed E-state index contributed by atoms with van der Waals surface area (Å²) in [6.45, 7) is 8.15. The zero-order chi connectivity index (χ0) is 11.1. The number of nitrogens with one attached hydrogen (secondary N) is 1. The van der Waals surface area contributed by atoms with Gasteiger partial charge in [-0.1, -0.05) is 40.0 Å². The van der Waals surface area contributed by atoms with Gasteiger partial charge in [0.25, 0.3) is 0 Å². The van der Waals surface area contributed by atoms with Gasteiger partial charge in [-0.05, 0) is 44.1 Å². The molecule has 1 aliphatic rings. The summed E-state index contributed by atoms with van der Waals surface area (Å²) in [5.41, 5.74) is 0. The van der Waals surface area contributed by atoms with E-state index >= 15 is 0 Å². The maximum Gasteiger partial charge on any atom is 0.00979 e. The molecule has 0 bridgehead atoms. The van der Waals surface area contributed by atoms with Crippen LogP contribution in [0.5, 0.6) is 0 Å². The van der Waals surface area contributed by atoms with Crippen molar-refractivity contribution in [1.82, 2.24) is 5.32 Å². The van der Waals surface area contributed by atoms with E-state index in [2.05, 4.69) is 26.1 Å². The van der Waals surface area contributed by atoms with Crippen molar-refractivity contribution in [2.45, 2.75) is 71.8 Å². The smallest absolute Gasteiger partial charge is 0.00979 e. The maximum absolute atomic E-state index is 3.77. The molecular formula is C14H29N. The molecular weight excluding hydrogens is 182 g/mol. The zero-order valence-corrected chi connectivity index (χ0v) is 10.9. The van der Waals surface area contributed by atoms with Crippen LogP contribution in [0.4, 0.5) is 0 Å². The van der Waals surface area contributed by atoms with Gasteiger partial charge >= 0.3 is 0 Å². The molecule has 0 aromatic carbocycles. The molecule has 1 nitrogen and oxygen atoms in total. The van der Waals surface area contributed by atoms with Crippen LogP contribution < -0.4 is 5.32 Å². The Morgan fingerprint density at radius 1 is 1.13 bits per heavy atom. The van der Waals surface area contributed by atoms with Crippen LogP contribution in [0.1, 0.15) is 65.7 Å². The lowest BCUT2D eigenvalue weighted by molar-refractivity contribution is 0.196. The van der Waals surface area contributed by atoms with E-state index in [0.717, 1.165) is 17.9 Å². The molecule has 0 heterocycles. The summed E-state index contributed by atoms with van der Waals surface area (Å²) in [5, 5.41) is 3.77. The van der Waals surface area contributed by atoms with Crippen molar-refractivity contribution in [2.24, 2.45) is 11.8 Å². The third kappa shape index (κ3) is 4.14. The molecule has 1 fully saturated rings. The van der Waals surface area contributed by atoms with Crippen LogP contribution in [0, 0.1) is 11.8 Å². The molecule has 90 valence electrons. The highest BCUT2D eigenvalue weighted by molar-refractivity contribution is 4.84. The van der Waals surface area contributed by atoms with Crippen molar-refractivity contribution < 1.29 is 0 Å². The summed E-state index contributed by atoms with van der Waals surface area (Å²) < 4.78 is 0. The van der Waals surface area contributed by atoms with E-state index in [4.69, 9.17) is 0 Å². The molecule has 0 saturated heterocycles. The minimum Gasteiger partial charge on any atom is -0.314 e. The van der Waals surface area contributed by atoms with Gasteiger partial charge in [0.1, 0.15) is 0 Å². The predicted molar refractivity (Wildman–Crippen MR) is 68.1 cm³/mol. The van der Waals surface area contributed by atoms with Crippen LogP contribution in [0.15, 0.2) is 0 Å². The number of hydrogen-bond donors (Lipinski definition) is 1. The minimum atomic E-state index is 0.823. The van der Waals surface area contributed by atoms with Gasteiger partial charge in [-0.3, -0.25) is 0 Å². The Labute approximate surface area is 96.0 Å². The number of rotatable bonds is 8. The van der Waals surface area contributed by atoms with E-state index in [1.165, 1.54) is 51.5 Å². The van der Waals surface area contributed by atoms with E-state index in [1.807, 2.05) is 0 Å². The normalized spacial score (nSPS) is 19.2. The summed E-state index contributed by atoms with van der Waals surface area (Å²) in [5.74, 6) is 1.94. The monoisotopic (exact) mass is 211 g/mol. The second-order valence-electron chi connectivity index (χ2n) is 5.17. The van der Waals surface area contributed by atoms with Crippen molar-refractivity contribution in [2.75, 3.05) is 6.54 Å². The quantitative estimate of drug-likeness (QED) is 0.640. The highest BCUT2D eigenvalue weighted by Gasteiger charge is 2.27. The Bertz CT molecular complexity index is 147. The minimum absolute atomic E-state index is 0.823. The van der Waals surface area contributed by atoms with Crippen LogP contribution in [0.2, 0.25) is 0 Å².